The first-order chi connectivity index (χ1) is 13.8. The first-order valence-electron chi connectivity index (χ1n) is 9.46. The van der Waals surface area contributed by atoms with E-state index in [4.69, 9.17) is 0 Å². The molecule has 10 nitrogen and oxygen atoms in total. The Kier molecular flexibility index (Phi) is 4.65. The lowest BCUT2D eigenvalue weighted by atomic mass is 10.2. The van der Waals surface area contributed by atoms with Crippen LogP contribution in [0, 0.1) is 13.8 Å². The molecular formula is C19H24N8O2. The van der Waals surface area contributed by atoms with Crippen LogP contribution >= 0.6 is 0 Å². The number of rotatable bonds is 6. The van der Waals surface area contributed by atoms with Crippen molar-refractivity contribution in [3.63, 3.8) is 0 Å². The molecule has 1 fully saturated rings. The topological polar surface area (TPSA) is 122 Å². The molecule has 10 heteroatoms. The van der Waals surface area contributed by atoms with Crippen LogP contribution < -0.4 is 10.2 Å². The van der Waals surface area contributed by atoms with E-state index in [2.05, 4.69) is 30.4 Å². The van der Waals surface area contributed by atoms with Crippen molar-refractivity contribution >= 4 is 22.9 Å². The summed E-state index contributed by atoms with van der Waals surface area (Å²) in [6, 6.07) is 0. The van der Waals surface area contributed by atoms with Crippen LogP contribution in [0.3, 0.4) is 0 Å². The van der Waals surface area contributed by atoms with Crippen molar-refractivity contribution in [2.75, 3.05) is 25.5 Å². The van der Waals surface area contributed by atoms with Crippen molar-refractivity contribution in [3.8, 4) is 0 Å². The Labute approximate surface area is 168 Å². The molecule has 0 aromatic carbocycles. The summed E-state index contributed by atoms with van der Waals surface area (Å²) in [6.07, 6.45) is 4.52. The highest BCUT2D eigenvalue weighted by molar-refractivity contribution is 6.02. The molecule has 3 heterocycles. The number of carbonyl (C=O) groups is 1. The molecule has 0 aliphatic heterocycles. The van der Waals surface area contributed by atoms with Gasteiger partial charge in [0.15, 0.2) is 11.3 Å². The first-order valence-corrected chi connectivity index (χ1v) is 9.46. The number of carbonyl (C=O) groups excluding carboxylic acids is 1. The van der Waals surface area contributed by atoms with E-state index >= 15 is 0 Å². The van der Waals surface area contributed by atoms with Gasteiger partial charge >= 0.3 is 0 Å². The van der Waals surface area contributed by atoms with Crippen molar-refractivity contribution in [1.29, 1.82) is 0 Å². The van der Waals surface area contributed by atoms with Crippen LogP contribution in [-0.2, 0) is 6.54 Å². The van der Waals surface area contributed by atoms with E-state index in [-0.39, 0.29) is 18.1 Å². The van der Waals surface area contributed by atoms with Gasteiger partial charge < -0.3 is 15.3 Å². The number of nitrogens with zero attached hydrogens (tertiary/aromatic N) is 7. The van der Waals surface area contributed by atoms with E-state index in [0.717, 1.165) is 22.8 Å². The molecule has 1 aliphatic rings. The molecular weight excluding hydrogens is 372 g/mol. The lowest BCUT2D eigenvalue weighted by Gasteiger charge is -2.16. The fourth-order valence-corrected chi connectivity index (χ4v) is 3.17. The Morgan fingerprint density at radius 3 is 2.72 bits per heavy atom. The number of anilines is 1. The second-order valence-corrected chi connectivity index (χ2v) is 7.76. The van der Waals surface area contributed by atoms with Crippen molar-refractivity contribution < 1.29 is 9.90 Å². The molecule has 1 aliphatic carbocycles. The van der Waals surface area contributed by atoms with E-state index in [1.54, 1.807) is 10.9 Å². The molecule has 3 aromatic rings. The third kappa shape index (κ3) is 3.75. The molecule has 0 radical (unpaired) electrons. The Morgan fingerprint density at radius 1 is 1.28 bits per heavy atom. The zero-order valence-electron chi connectivity index (χ0n) is 17.0. The number of aryl methyl sites for hydroxylation is 1. The smallest absolute Gasteiger partial charge is 0.274 e. The minimum atomic E-state index is -0.781. The fraction of sp³-hybridized carbons (Fsp3) is 0.474. The third-order valence-electron chi connectivity index (χ3n) is 5.07. The van der Waals surface area contributed by atoms with Gasteiger partial charge in [-0.05, 0) is 26.7 Å². The second-order valence-electron chi connectivity index (χ2n) is 7.76. The van der Waals surface area contributed by atoms with Crippen LogP contribution in [-0.4, -0.2) is 67.0 Å². The third-order valence-corrected chi connectivity index (χ3v) is 5.07. The maximum Gasteiger partial charge on any atom is 0.274 e. The molecule has 0 atom stereocenters. The predicted molar refractivity (Wildman–Crippen MR) is 107 cm³/mol. The minimum absolute atomic E-state index is 0.191. The number of amides is 1. The molecule has 0 bridgehead atoms. The molecule has 0 unspecified atom stereocenters. The number of hydrogen-bond acceptors (Lipinski definition) is 8. The van der Waals surface area contributed by atoms with Crippen molar-refractivity contribution in [3.05, 3.63) is 35.2 Å². The predicted octanol–water partition coefficient (Wildman–Crippen LogP) is 0.602. The first kappa shape index (κ1) is 19.2. The highest BCUT2D eigenvalue weighted by Gasteiger charge is 2.40. The molecule has 1 amide bonds. The Morgan fingerprint density at radius 2 is 2.03 bits per heavy atom. The Hall–Kier alpha value is -3.14. The van der Waals surface area contributed by atoms with Crippen LogP contribution in [0.15, 0.2) is 12.5 Å². The standard InChI is InChI=1S/C19H24N8O2/c1-11-7-20-14-15(18(28)21-9-19(29)5-6-19)25-27(17(14)24-11)8-13-12(2)16(26(3)4)23-10-22-13/h7,10,29H,5-6,8-9H2,1-4H3,(H,21,28). The minimum Gasteiger partial charge on any atom is -0.388 e. The number of aliphatic hydroxyl groups is 1. The maximum atomic E-state index is 12.7. The van der Waals surface area contributed by atoms with Gasteiger partial charge in [0.05, 0.1) is 23.5 Å². The van der Waals surface area contributed by atoms with Crippen LogP contribution in [0.2, 0.25) is 0 Å². The van der Waals surface area contributed by atoms with Gasteiger partial charge in [0.2, 0.25) is 0 Å². The highest BCUT2D eigenvalue weighted by Crippen LogP contribution is 2.34. The normalized spacial score (nSPS) is 14.8. The van der Waals surface area contributed by atoms with E-state index in [9.17, 15) is 9.90 Å². The SMILES string of the molecule is Cc1cnc2c(C(=O)NCC3(O)CC3)nn(Cc3ncnc(N(C)C)c3C)c2n1. The molecule has 4 rings (SSSR count). The van der Waals surface area contributed by atoms with Gasteiger partial charge in [-0.2, -0.15) is 5.10 Å². The average molecular weight is 396 g/mol. The number of aromatic nitrogens is 6. The lowest BCUT2D eigenvalue weighted by molar-refractivity contribution is 0.0892. The average Bonchev–Trinajstić information content (AvgIpc) is 3.32. The number of fused-ring (bicyclic) bond motifs is 1. The van der Waals surface area contributed by atoms with Gasteiger partial charge in [0.1, 0.15) is 17.7 Å². The quantitative estimate of drug-likeness (QED) is 0.621. The van der Waals surface area contributed by atoms with Crippen LogP contribution in [0.25, 0.3) is 11.2 Å². The molecule has 0 spiro atoms. The summed E-state index contributed by atoms with van der Waals surface area (Å²) < 4.78 is 1.64. The highest BCUT2D eigenvalue weighted by atomic mass is 16.3. The van der Waals surface area contributed by atoms with Gasteiger partial charge in [-0.1, -0.05) is 0 Å². The van der Waals surface area contributed by atoms with Gasteiger partial charge in [-0.3, -0.25) is 4.79 Å². The van der Waals surface area contributed by atoms with E-state index in [0.29, 0.717) is 30.6 Å². The molecule has 152 valence electrons. The van der Waals surface area contributed by atoms with E-state index in [1.165, 1.54) is 6.33 Å². The number of nitrogens with one attached hydrogen (secondary N) is 1. The largest absolute Gasteiger partial charge is 0.388 e. The van der Waals surface area contributed by atoms with Gasteiger partial charge in [0, 0.05) is 32.4 Å². The molecule has 2 N–H and O–H groups in total. The van der Waals surface area contributed by atoms with E-state index < -0.39 is 5.60 Å². The molecule has 0 saturated heterocycles. The van der Waals surface area contributed by atoms with Crippen LogP contribution in [0.5, 0.6) is 0 Å². The van der Waals surface area contributed by atoms with Gasteiger partial charge in [-0.15, -0.1) is 0 Å². The van der Waals surface area contributed by atoms with E-state index in [1.807, 2.05) is 32.8 Å². The summed E-state index contributed by atoms with van der Waals surface area (Å²) in [4.78, 5) is 32.2. The molecule has 1 saturated carbocycles. The monoisotopic (exact) mass is 396 g/mol. The Bertz CT molecular complexity index is 1090. The summed E-state index contributed by atoms with van der Waals surface area (Å²) in [5.74, 6) is 0.449. The molecule has 3 aromatic heterocycles. The van der Waals surface area contributed by atoms with Crippen molar-refractivity contribution in [2.24, 2.45) is 0 Å². The summed E-state index contributed by atoms with van der Waals surface area (Å²) in [5.41, 5.74) is 2.80. The zero-order valence-corrected chi connectivity index (χ0v) is 17.0. The maximum absolute atomic E-state index is 12.7. The fourth-order valence-electron chi connectivity index (χ4n) is 3.17. The van der Waals surface area contributed by atoms with Crippen molar-refractivity contribution in [2.45, 2.75) is 38.8 Å². The van der Waals surface area contributed by atoms with Gasteiger partial charge in [0.25, 0.3) is 5.91 Å². The van der Waals surface area contributed by atoms with Crippen molar-refractivity contribution in [1.82, 2.24) is 35.0 Å². The second kappa shape index (κ2) is 7.03. The summed E-state index contributed by atoms with van der Waals surface area (Å²) in [6.45, 7) is 4.33. The Balaban J connectivity index is 1.70. The van der Waals surface area contributed by atoms with Gasteiger partial charge in [-0.25, -0.2) is 24.6 Å². The molecule has 29 heavy (non-hydrogen) atoms. The summed E-state index contributed by atoms with van der Waals surface area (Å²) in [5, 5.41) is 17.2. The zero-order chi connectivity index (χ0) is 20.8. The van der Waals surface area contributed by atoms with Crippen LogP contribution in [0.1, 0.15) is 40.3 Å². The summed E-state index contributed by atoms with van der Waals surface area (Å²) in [7, 11) is 3.85. The number of hydrogen-bond donors (Lipinski definition) is 2. The summed E-state index contributed by atoms with van der Waals surface area (Å²) >= 11 is 0. The lowest BCUT2D eigenvalue weighted by Crippen LogP contribution is -2.33. The van der Waals surface area contributed by atoms with Crippen LogP contribution in [0.4, 0.5) is 5.82 Å².